The highest BCUT2D eigenvalue weighted by atomic mass is 16.5. The molecule has 7 heteroatoms. The zero-order chi connectivity index (χ0) is 26.7. The zero-order valence-electron chi connectivity index (χ0n) is 21.7. The number of aryl methyl sites for hydroxylation is 2. The van der Waals surface area contributed by atoms with Crippen LogP contribution in [-0.2, 0) is 9.59 Å². The standard InChI is InChI=1S/C30H31NO6/c1-6-14-37-21-11-9-10-20(17-21)31-26(22-12-7-8-13-24(22)35-4)25(28(33)30(31)34)27(32)23-16-18(2)15-19(3)29(23)36-5/h7-13,15-17,26,32H,6,14H2,1-5H3/b27-25+. The second-order valence-electron chi connectivity index (χ2n) is 8.92. The number of hydrogen-bond acceptors (Lipinski definition) is 6. The van der Waals surface area contributed by atoms with Crippen molar-refractivity contribution in [3.05, 3.63) is 88.5 Å². The van der Waals surface area contributed by atoms with Crippen LogP contribution in [0.15, 0.2) is 66.2 Å². The maximum atomic E-state index is 13.6. The number of benzene rings is 3. The first-order valence-electron chi connectivity index (χ1n) is 12.1. The van der Waals surface area contributed by atoms with Gasteiger partial charge in [-0.3, -0.25) is 14.5 Å². The van der Waals surface area contributed by atoms with Crippen LogP contribution in [0.5, 0.6) is 17.2 Å². The lowest BCUT2D eigenvalue weighted by Gasteiger charge is -2.27. The molecule has 1 fully saturated rings. The number of carbonyl (C=O) groups excluding carboxylic acids is 2. The summed E-state index contributed by atoms with van der Waals surface area (Å²) in [6.07, 6.45) is 0.827. The van der Waals surface area contributed by atoms with E-state index in [9.17, 15) is 14.7 Å². The first-order valence-corrected chi connectivity index (χ1v) is 12.1. The van der Waals surface area contributed by atoms with Crippen molar-refractivity contribution in [2.45, 2.75) is 33.2 Å². The molecule has 0 radical (unpaired) electrons. The Morgan fingerprint density at radius 1 is 0.973 bits per heavy atom. The van der Waals surface area contributed by atoms with Crippen LogP contribution in [-0.4, -0.2) is 37.6 Å². The molecule has 0 bridgehead atoms. The highest BCUT2D eigenvalue weighted by molar-refractivity contribution is 6.51. The van der Waals surface area contributed by atoms with Crippen molar-refractivity contribution in [2.24, 2.45) is 0 Å². The van der Waals surface area contributed by atoms with Crippen LogP contribution in [0.4, 0.5) is 5.69 Å². The van der Waals surface area contributed by atoms with E-state index in [0.29, 0.717) is 40.7 Å². The summed E-state index contributed by atoms with van der Waals surface area (Å²) in [4.78, 5) is 28.5. The lowest BCUT2D eigenvalue weighted by molar-refractivity contribution is -0.132. The van der Waals surface area contributed by atoms with E-state index in [4.69, 9.17) is 14.2 Å². The maximum absolute atomic E-state index is 13.6. The number of aliphatic hydroxyl groups excluding tert-OH is 1. The molecule has 3 aromatic rings. The molecule has 1 aliphatic heterocycles. The van der Waals surface area contributed by atoms with E-state index < -0.39 is 17.7 Å². The summed E-state index contributed by atoms with van der Waals surface area (Å²) in [5.41, 5.74) is 3.01. The largest absolute Gasteiger partial charge is 0.507 e. The number of ether oxygens (including phenoxy) is 3. The quantitative estimate of drug-likeness (QED) is 0.241. The van der Waals surface area contributed by atoms with Crippen molar-refractivity contribution in [1.29, 1.82) is 0 Å². The number of para-hydroxylation sites is 1. The number of amides is 1. The van der Waals surface area contributed by atoms with Crippen molar-refractivity contribution >= 4 is 23.1 Å². The predicted molar refractivity (Wildman–Crippen MR) is 142 cm³/mol. The Morgan fingerprint density at radius 3 is 2.43 bits per heavy atom. The third-order valence-corrected chi connectivity index (χ3v) is 6.32. The number of rotatable bonds is 8. The SMILES string of the molecule is CCCOc1cccc(N2C(=O)C(=O)/C(=C(/O)c3cc(C)cc(C)c3OC)C2c2ccccc2OC)c1. The van der Waals surface area contributed by atoms with Crippen LogP contribution in [0.25, 0.3) is 5.76 Å². The summed E-state index contributed by atoms with van der Waals surface area (Å²) < 4.78 is 17.0. The van der Waals surface area contributed by atoms with Gasteiger partial charge < -0.3 is 19.3 Å². The Hall–Kier alpha value is -4.26. The smallest absolute Gasteiger partial charge is 0.300 e. The van der Waals surface area contributed by atoms with Gasteiger partial charge in [-0.25, -0.2) is 0 Å². The van der Waals surface area contributed by atoms with Gasteiger partial charge in [0.15, 0.2) is 0 Å². The van der Waals surface area contributed by atoms with Crippen LogP contribution in [0.3, 0.4) is 0 Å². The highest BCUT2D eigenvalue weighted by Crippen LogP contribution is 2.46. The fraction of sp³-hybridized carbons (Fsp3) is 0.267. The number of anilines is 1. The number of aliphatic hydroxyl groups is 1. The van der Waals surface area contributed by atoms with Gasteiger partial charge >= 0.3 is 0 Å². The fourth-order valence-electron chi connectivity index (χ4n) is 4.77. The van der Waals surface area contributed by atoms with Crippen LogP contribution in [0.2, 0.25) is 0 Å². The minimum absolute atomic E-state index is 0.0438. The molecule has 1 heterocycles. The lowest BCUT2D eigenvalue weighted by atomic mass is 9.93. The molecular formula is C30H31NO6. The highest BCUT2D eigenvalue weighted by Gasteiger charge is 2.48. The Morgan fingerprint density at radius 2 is 1.73 bits per heavy atom. The number of nitrogens with zero attached hydrogens (tertiary/aromatic N) is 1. The van der Waals surface area contributed by atoms with E-state index in [-0.39, 0.29) is 11.3 Å². The number of ketones is 1. The third-order valence-electron chi connectivity index (χ3n) is 6.32. The second-order valence-corrected chi connectivity index (χ2v) is 8.92. The summed E-state index contributed by atoms with van der Waals surface area (Å²) >= 11 is 0. The second kappa shape index (κ2) is 10.8. The summed E-state index contributed by atoms with van der Waals surface area (Å²) in [7, 11) is 3.03. The summed E-state index contributed by atoms with van der Waals surface area (Å²) in [6, 6.07) is 16.9. The molecule has 0 aromatic heterocycles. The predicted octanol–water partition coefficient (Wildman–Crippen LogP) is 5.74. The molecule has 4 rings (SSSR count). The molecule has 7 nitrogen and oxygen atoms in total. The van der Waals surface area contributed by atoms with Gasteiger partial charge in [-0.2, -0.15) is 0 Å². The van der Waals surface area contributed by atoms with E-state index in [0.717, 1.165) is 17.5 Å². The van der Waals surface area contributed by atoms with E-state index in [1.807, 2.05) is 26.8 Å². The Labute approximate surface area is 216 Å². The Bertz CT molecular complexity index is 1380. The molecule has 1 atom stereocenters. The van der Waals surface area contributed by atoms with Crippen molar-refractivity contribution in [2.75, 3.05) is 25.7 Å². The minimum Gasteiger partial charge on any atom is -0.507 e. The number of hydrogen-bond donors (Lipinski definition) is 1. The van der Waals surface area contributed by atoms with Crippen molar-refractivity contribution in [3.63, 3.8) is 0 Å². The fourth-order valence-corrected chi connectivity index (χ4v) is 4.77. The van der Waals surface area contributed by atoms with Crippen LogP contribution >= 0.6 is 0 Å². The molecule has 1 amide bonds. The third kappa shape index (κ3) is 4.77. The first kappa shape index (κ1) is 25.8. The van der Waals surface area contributed by atoms with E-state index >= 15 is 0 Å². The molecule has 1 unspecified atom stereocenters. The molecule has 1 saturated heterocycles. The Kier molecular flexibility index (Phi) is 7.53. The normalized spacial score (nSPS) is 16.7. The number of Topliss-reactive ketones (excluding diaryl/α,β-unsaturated/α-hetero) is 1. The molecule has 1 aliphatic rings. The first-order chi connectivity index (χ1) is 17.8. The van der Waals surface area contributed by atoms with Crippen LogP contribution in [0, 0.1) is 13.8 Å². The Balaban J connectivity index is 1.99. The zero-order valence-corrected chi connectivity index (χ0v) is 21.7. The summed E-state index contributed by atoms with van der Waals surface area (Å²) in [6.45, 7) is 6.28. The van der Waals surface area contributed by atoms with Crippen molar-refractivity contribution < 1.29 is 28.9 Å². The molecule has 1 N–H and O–H groups in total. The van der Waals surface area contributed by atoms with Gasteiger partial charge in [-0.15, -0.1) is 0 Å². The average molecular weight is 502 g/mol. The van der Waals surface area contributed by atoms with Crippen LogP contribution < -0.4 is 19.1 Å². The maximum Gasteiger partial charge on any atom is 0.300 e. The van der Waals surface area contributed by atoms with E-state index in [1.54, 1.807) is 54.6 Å². The van der Waals surface area contributed by atoms with E-state index in [2.05, 4.69) is 0 Å². The lowest BCUT2D eigenvalue weighted by Crippen LogP contribution is -2.29. The van der Waals surface area contributed by atoms with Gasteiger partial charge in [-0.1, -0.05) is 37.3 Å². The average Bonchev–Trinajstić information content (AvgIpc) is 3.16. The van der Waals surface area contributed by atoms with Gasteiger partial charge in [-0.05, 0) is 55.7 Å². The molecule has 0 spiro atoms. The molecule has 0 saturated carbocycles. The number of carbonyl (C=O) groups is 2. The molecule has 192 valence electrons. The van der Waals surface area contributed by atoms with Gasteiger partial charge in [0.05, 0.1) is 38.0 Å². The topological polar surface area (TPSA) is 85.3 Å². The van der Waals surface area contributed by atoms with Crippen LogP contribution in [0.1, 0.15) is 41.6 Å². The van der Waals surface area contributed by atoms with Gasteiger partial charge in [0.1, 0.15) is 23.0 Å². The molecule has 37 heavy (non-hydrogen) atoms. The summed E-state index contributed by atoms with van der Waals surface area (Å²) in [5.74, 6) is -0.364. The number of methoxy groups -OCH3 is 2. The van der Waals surface area contributed by atoms with Gasteiger partial charge in [0, 0.05) is 17.3 Å². The minimum atomic E-state index is -0.942. The van der Waals surface area contributed by atoms with E-state index in [1.165, 1.54) is 19.1 Å². The monoisotopic (exact) mass is 501 g/mol. The molecule has 0 aliphatic carbocycles. The van der Waals surface area contributed by atoms with Crippen molar-refractivity contribution in [1.82, 2.24) is 0 Å². The molecule has 3 aromatic carbocycles. The summed E-state index contributed by atoms with van der Waals surface area (Å²) in [5, 5.41) is 11.6. The van der Waals surface area contributed by atoms with Gasteiger partial charge in [0.2, 0.25) is 0 Å². The van der Waals surface area contributed by atoms with Gasteiger partial charge in [0.25, 0.3) is 11.7 Å². The van der Waals surface area contributed by atoms with Crippen molar-refractivity contribution in [3.8, 4) is 17.2 Å². The molecular weight excluding hydrogens is 470 g/mol.